The van der Waals surface area contributed by atoms with E-state index >= 15 is 0 Å². The van der Waals surface area contributed by atoms with Gasteiger partial charge in [-0.2, -0.15) is 5.10 Å². The standard InChI is InChI=1S/C22H35N5O.2ClH/c1-8-11-26(16-9-10-23-13-16)21(28)17-12-18(14(2)3)24-20-19(17)15(4)25-27(20)22(5,6)7;;/h12,14,16,23H,8-11,13H2,1-7H3;2*1H. The van der Waals surface area contributed by atoms with Gasteiger partial charge in [0.1, 0.15) is 0 Å². The number of halogens is 2. The molecule has 8 heteroatoms. The molecule has 1 atom stereocenters. The SMILES string of the molecule is CCCN(C(=O)c1cc(C(C)C)nc2c1c(C)nn2C(C)(C)C)C1CCNC1.Cl.Cl. The van der Waals surface area contributed by atoms with Crippen LogP contribution < -0.4 is 5.32 Å². The normalized spacial score (nSPS) is 16.5. The Morgan fingerprint density at radius 1 is 1.33 bits per heavy atom. The highest BCUT2D eigenvalue weighted by atomic mass is 35.5. The molecule has 3 heterocycles. The van der Waals surface area contributed by atoms with Crippen LogP contribution in [0.3, 0.4) is 0 Å². The fourth-order valence-corrected chi connectivity index (χ4v) is 3.99. The summed E-state index contributed by atoms with van der Waals surface area (Å²) in [7, 11) is 0. The van der Waals surface area contributed by atoms with Crippen LogP contribution in [-0.4, -0.2) is 51.2 Å². The topological polar surface area (TPSA) is 63.1 Å². The summed E-state index contributed by atoms with van der Waals surface area (Å²) in [5, 5.41) is 9.07. The highest BCUT2D eigenvalue weighted by molar-refractivity contribution is 6.06. The van der Waals surface area contributed by atoms with Crippen LogP contribution in [0, 0.1) is 6.92 Å². The minimum atomic E-state index is -0.200. The molecule has 6 nitrogen and oxygen atoms in total. The molecule has 2 aromatic heterocycles. The Hall–Kier alpha value is -1.37. The van der Waals surface area contributed by atoms with Gasteiger partial charge in [0.05, 0.1) is 22.2 Å². The first-order valence-corrected chi connectivity index (χ1v) is 10.6. The molecule has 0 bridgehead atoms. The molecule has 2 aromatic rings. The molecular weight excluding hydrogens is 421 g/mol. The molecule has 1 saturated heterocycles. The van der Waals surface area contributed by atoms with Gasteiger partial charge in [-0.15, -0.1) is 24.8 Å². The third-order valence-electron chi connectivity index (χ3n) is 5.49. The predicted molar refractivity (Wildman–Crippen MR) is 128 cm³/mol. The fraction of sp³-hybridized carbons (Fsp3) is 0.682. The number of hydrogen-bond acceptors (Lipinski definition) is 4. The molecule has 3 rings (SSSR count). The van der Waals surface area contributed by atoms with Crippen molar-refractivity contribution in [2.75, 3.05) is 19.6 Å². The van der Waals surface area contributed by atoms with Crippen molar-refractivity contribution < 1.29 is 4.79 Å². The second kappa shape index (κ2) is 10.3. The maximum absolute atomic E-state index is 13.8. The number of pyridine rings is 1. The van der Waals surface area contributed by atoms with Gasteiger partial charge in [0.2, 0.25) is 0 Å². The van der Waals surface area contributed by atoms with Crippen molar-refractivity contribution >= 4 is 41.8 Å². The number of amides is 1. The molecule has 0 radical (unpaired) electrons. The van der Waals surface area contributed by atoms with Gasteiger partial charge in [-0.1, -0.05) is 20.8 Å². The van der Waals surface area contributed by atoms with Gasteiger partial charge in [0, 0.05) is 24.8 Å². The summed E-state index contributed by atoms with van der Waals surface area (Å²) >= 11 is 0. The molecule has 30 heavy (non-hydrogen) atoms. The first kappa shape index (κ1) is 26.7. The van der Waals surface area contributed by atoms with Crippen LogP contribution in [-0.2, 0) is 5.54 Å². The molecule has 1 fully saturated rings. The van der Waals surface area contributed by atoms with Gasteiger partial charge in [-0.3, -0.25) is 4.79 Å². The number of rotatable bonds is 5. The van der Waals surface area contributed by atoms with Gasteiger partial charge < -0.3 is 10.2 Å². The minimum Gasteiger partial charge on any atom is -0.334 e. The van der Waals surface area contributed by atoms with Crippen molar-refractivity contribution in [3.05, 3.63) is 23.0 Å². The zero-order valence-corrected chi connectivity index (χ0v) is 20.9. The van der Waals surface area contributed by atoms with Gasteiger partial charge in [0.25, 0.3) is 5.91 Å². The second-order valence-corrected chi connectivity index (χ2v) is 9.26. The molecular formula is C22H37Cl2N5O. The number of nitrogens with one attached hydrogen (secondary N) is 1. The average molecular weight is 458 g/mol. The lowest BCUT2D eigenvalue weighted by Gasteiger charge is -2.29. The quantitative estimate of drug-likeness (QED) is 0.707. The third kappa shape index (κ3) is 5.09. The minimum absolute atomic E-state index is 0. The van der Waals surface area contributed by atoms with Crippen LogP contribution in [0.2, 0.25) is 0 Å². The Balaban J connectivity index is 0.00000225. The van der Waals surface area contributed by atoms with E-state index in [-0.39, 0.29) is 48.2 Å². The Kier molecular flexibility index (Phi) is 9.15. The number of aryl methyl sites for hydroxylation is 1. The summed E-state index contributed by atoms with van der Waals surface area (Å²) < 4.78 is 1.97. The monoisotopic (exact) mass is 457 g/mol. The van der Waals surface area contributed by atoms with Crippen molar-refractivity contribution in [2.45, 2.75) is 78.8 Å². The van der Waals surface area contributed by atoms with Crippen LogP contribution in [0.15, 0.2) is 6.07 Å². The summed E-state index contributed by atoms with van der Waals surface area (Å²) in [5.41, 5.74) is 3.19. The summed E-state index contributed by atoms with van der Waals surface area (Å²) in [6, 6.07) is 2.26. The molecule has 1 aliphatic heterocycles. The lowest BCUT2D eigenvalue weighted by Crippen LogP contribution is -2.42. The summed E-state index contributed by atoms with van der Waals surface area (Å²) in [4.78, 5) is 20.7. The van der Waals surface area contributed by atoms with E-state index < -0.39 is 0 Å². The van der Waals surface area contributed by atoms with E-state index in [4.69, 9.17) is 10.1 Å². The molecule has 170 valence electrons. The highest BCUT2D eigenvalue weighted by Crippen LogP contribution is 2.30. The number of carbonyl (C=O) groups is 1. The summed E-state index contributed by atoms with van der Waals surface area (Å²) in [6.45, 7) is 17.4. The van der Waals surface area contributed by atoms with Crippen molar-refractivity contribution in [3.8, 4) is 0 Å². The van der Waals surface area contributed by atoms with E-state index in [9.17, 15) is 4.79 Å². The van der Waals surface area contributed by atoms with Gasteiger partial charge in [0.15, 0.2) is 5.65 Å². The van der Waals surface area contributed by atoms with Crippen LogP contribution in [0.25, 0.3) is 11.0 Å². The zero-order chi connectivity index (χ0) is 20.6. The second-order valence-electron chi connectivity index (χ2n) is 9.26. The molecule has 1 N–H and O–H groups in total. The van der Waals surface area contributed by atoms with Crippen molar-refractivity contribution in [1.82, 2.24) is 25.0 Å². The summed E-state index contributed by atoms with van der Waals surface area (Å²) in [5.74, 6) is 0.355. The molecule has 1 aliphatic rings. The van der Waals surface area contributed by atoms with E-state index in [1.165, 1.54) is 0 Å². The van der Waals surface area contributed by atoms with Crippen LogP contribution >= 0.6 is 24.8 Å². The van der Waals surface area contributed by atoms with E-state index in [1.807, 2.05) is 17.7 Å². The molecule has 0 aliphatic carbocycles. The molecule has 0 saturated carbocycles. The lowest BCUT2D eigenvalue weighted by molar-refractivity contribution is 0.0694. The van der Waals surface area contributed by atoms with Crippen molar-refractivity contribution in [2.24, 2.45) is 0 Å². The largest absolute Gasteiger partial charge is 0.334 e. The Bertz CT molecular complexity index is 867. The number of carbonyl (C=O) groups excluding carboxylic acids is 1. The molecule has 0 spiro atoms. The van der Waals surface area contributed by atoms with E-state index in [0.29, 0.717) is 0 Å². The maximum Gasteiger partial charge on any atom is 0.255 e. The van der Waals surface area contributed by atoms with E-state index in [2.05, 4.69) is 51.8 Å². The van der Waals surface area contributed by atoms with Crippen LogP contribution in [0.5, 0.6) is 0 Å². The van der Waals surface area contributed by atoms with Crippen LogP contribution in [0.1, 0.15) is 82.0 Å². The Labute approximate surface area is 193 Å². The molecule has 1 amide bonds. The number of aromatic nitrogens is 3. The molecule has 0 aromatic carbocycles. The number of nitrogens with zero attached hydrogens (tertiary/aromatic N) is 4. The first-order valence-electron chi connectivity index (χ1n) is 10.6. The van der Waals surface area contributed by atoms with E-state index in [0.717, 1.165) is 60.5 Å². The van der Waals surface area contributed by atoms with Crippen molar-refractivity contribution in [3.63, 3.8) is 0 Å². The number of hydrogen-bond donors (Lipinski definition) is 1. The lowest BCUT2D eigenvalue weighted by atomic mass is 10.0. The Morgan fingerprint density at radius 3 is 2.50 bits per heavy atom. The predicted octanol–water partition coefficient (Wildman–Crippen LogP) is 4.68. The zero-order valence-electron chi connectivity index (χ0n) is 19.3. The molecule has 1 unspecified atom stereocenters. The Morgan fingerprint density at radius 2 is 2.00 bits per heavy atom. The van der Waals surface area contributed by atoms with Crippen molar-refractivity contribution in [1.29, 1.82) is 0 Å². The maximum atomic E-state index is 13.8. The average Bonchev–Trinajstić information content (AvgIpc) is 3.26. The fourth-order valence-electron chi connectivity index (χ4n) is 3.99. The summed E-state index contributed by atoms with van der Waals surface area (Å²) in [6.07, 6.45) is 1.96. The van der Waals surface area contributed by atoms with Gasteiger partial charge >= 0.3 is 0 Å². The van der Waals surface area contributed by atoms with Gasteiger partial charge in [-0.05, 0) is 59.1 Å². The van der Waals surface area contributed by atoms with E-state index in [1.54, 1.807) is 0 Å². The smallest absolute Gasteiger partial charge is 0.255 e. The highest BCUT2D eigenvalue weighted by Gasteiger charge is 2.31. The first-order chi connectivity index (χ1) is 13.1. The van der Waals surface area contributed by atoms with Gasteiger partial charge in [-0.25, -0.2) is 9.67 Å². The third-order valence-corrected chi connectivity index (χ3v) is 5.49. The number of fused-ring (bicyclic) bond motifs is 1. The van der Waals surface area contributed by atoms with Crippen LogP contribution in [0.4, 0.5) is 0 Å².